The molecule has 3 N–H and O–H groups in total. The molecule has 0 spiro atoms. The molecule has 16 heavy (non-hydrogen) atoms. The van der Waals surface area contributed by atoms with Crippen LogP contribution in [0.5, 0.6) is 0 Å². The zero-order valence-electron chi connectivity index (χ0n) is 9.03. The van der Waals surface area contributed by atoms with E-state index in [-0.39, 0.29) is 30.4 Å². The minimum Gasteiger partial charge on any atom is -0.314 e. The van der Waals surface area contributed by atoms with Gasteiger partial charge in [0.2, 0.25) is 0 Å². The van der Waals surface area contributed by atoms with Crippen LogP contribution >= 0.6 is 0 Å². The summed E-state index contributed by atoms with van der Waals surface area (Å²) in [6.45, 7) is 0. The Balaban J connectivity index is 1.77. The van der Waals surface area contributed by atoms with Crippen molar-refractivity contribution in [2.75, 3.05) is 0 Å². The molecule has 2 heterocycles. The second-order valence-corrected chi connectivity index (χ2v) is 4.69. The first-order valence-corrected chi connectivity index (χ1v) is 5.91. The second-order valence-electron chi connectivity index (χ2n) is 4.69. The van der Waals surface area contributed by atoms with Crippen LogP contribution in [0.25, 0.3) is 0 Å². The first-order valence-electron chi connectivity index (χ1n) is 5.91. The Morgan fingerprint density at radius 2 is 1.75 bits per heavy atom. The fraction of sp³-hybridized carbons (Fsp3) is 0.800. The van der Waals surface area contributed by atoms with E-state index in [0.717, 1.165) is 12.8 Å². The van der Waals surface area contributed by atoms with Gasteiger partial charge in [0, 0.05) is 6.04 Å². The van der Waals surface area contributed by atoms with E-state index in [4.69, 9.17) is 0 Å². The number of nitrogens with one attached hydrogen (secondary N) is 3. The molecule has 3 rings (SSSR count). The Labute approximate surface area is 93.7 Å². The van der Waals surface area contributed by atoms with E-state index in [2.05, 4.69) is 16.0 Å². The molecule has 3 fully saturated rings. The van der Waals surface area contributed by atoms with Crippen molar-refractivity contribution in [1.82, 2.24) is 20.9 Å². The van der Waals surface area contributed by atoms with Crippen LogP contribution in [0.15, 0.2) is 0 Å². The summed E-state index contributed by atoms with van der Waals surface area (Å²) in [4.78, 5) is 24.8. The minimum absolute atomic E-state index is 0.0607. The van der Waals surface area contributed by atoms with Gasteiger partial charge in [0.05, 0.1) is 0 Å². The van der Waals surface area contributed by atoms with Gasteiger partial charge in [0.25, 0.3) is 0 Å². The molecule has 6 heteroatoms. The molecule has 0 unspecified atom stereocenters. The maximum atomic E-state index is 11.8. The molecule has 2 aliphatic heterocycles. The first-order chi connectivity index (χ1) is 7.75. The van der Waals surface area contributed by atoms with Crippen molar-refractivity contribution in [3.63, 3.8) is 0 Å². The molecular formula is C10H16N4O2. The molecule has 1 saturated carbocycles. The largest absolute Gasteiger partial charge is 0.321 e. The van der Waals surface area contributed by atoms with E-state index in [9.17, 15) is 9.59 Å². The maximum absolute atomic E-state index is 11.8. The van der Waals surface area contributed by atoms with E-state index in [1.807, 2.05) is 4.90 Å². The molecule has 0 aromatic heterocycles. The van der Waals surface area contributed by atoms with Gasteiger partial charge in [-0.15, -0.1) is 0 Å². The number of fused-ring (bicyclic) bond motifs is 1. The van der Waals surface area contributed by atoms with Crippen LogP contribution in [0.4, 0.5) is 9.59 Å². The summed E-state index contributed by atoms with van der Waals surface area (Å²) < 4.78 is 0. The fourth-order valence-electron chi connectivity index (χ4n) is 2.91. The van der Waals surface area contributed by atoms with E-state index < -0.39 is 0 Å². The molecule has 6 nitrogen and oxygen atoms in total. The zero-order valence-corrected chi connectivity index (χ0v) is 9.03. The number of rotatable bonds is 1. The Morgan fingerprint density at radius 1 is 1.00 bits per heavy atom. The lowest BCUT2D eigenvalue weighted by molar-refractivity contribution is 0.143. The summed E-state index contributed by atoms with van der Waals surface area (Å²) in [5.41, 5.74) is 0. The lowest BCUT2D eigenvalue weighted by Gasteiger charge is -2.33. The topological polar surface area (TPSA) is 73.5 Å². The van der Waals surface area contributed by atoms with Crippen LogP contribution in [0, 0.1) is 0 Å². The summed E-state index contributed by atoms with van der Waals surface area (Å²) in [6.07, 6.45) is 5.23. The molecule has 88 valence electrons. The van der Waals surface area contributed by atoms with Crippen LogP contribution < -0.4 is 16.0 Å². The predicted molar refractivity (Wildman–Crippen MR) is 56.5 cm³/mol. The number of carbonyl (C=O) groups excluding carboxylic acids is 2. The van der Waals surface area contributed by atoms with E-state index in [1.165, 1.54) is 19.3 Å². The second kappa shape index (κ2) is 3.54. The van der Waals surface area contributed by atoms with Crippen LogP contribution in [0.3, 0.4) is 0 Å². The molecule has 2 saturated heterocycles. The molecule has 0 aromatic carbocycles. The minimum atomic E-state index is -0.262. The Morgan fingerprint density at radius 3 is 2.50 bits per heavy atom. The van der Waals surface area contributed by atoms with Crippen molar-refractivity contribution in [2.24, 2.45) is 0 Å². The third-order valence-corrected chi connectivity index (χ3v) is 3.66. The standard InChI is InChI=1S/C10H16N4O2/c15-9-11-7-8(13-9)14(10(16)12-7)6-4-2-1-3-5-6/h6-8H,1-5H2,(H,12,16)(H2,11,13,15)/t7-,8-/m1/s1. The molecule has 0 aromatic rings. The quantitative estimate of drug-likeness (QED) is 0.599. The SMILES string of the molecule is O=C1N[C@@H]2NC(=O)N(C3CCCCC3)[C@H]2N1. The van der Waals surface area contributed by atoms with Gasteiger partial charge in [-0.05, 0) is 12.8 Å². The Hall–Kier alpha value is -1.46. The average molecular weight is 224 g/mol. The summed E-state index contributed by atoms with van der Waals surface area (Å²) in [6, 6.07) is 0.0224. The van der Waals surface area contributed by atoms with E-state index in [0.29, 0.717) is 0 Å². The smallest absolute Gasteiger partial charge is 0.314 e. The summed E-state index contributed by atoms with van der Waals surface area (Å²) in [7, 11) is 0. The summed E-state index contributed by atoms with van der Waals surface area (Å²) in [5.74, 6) is 0. The van der Waals surface area contributed by atoms with Gasteiger partial charge in [-0.3, -0.25) is 4.90 Å². The predicted octanol–water partition coefficient (Wildman–Crippen LogP) is 0.309. The highest BCUT2D eigenvalue weighted by Gasteiger charge is 2.48. The van der Waals surface area contributed by atoms with Crippen molar-refractivity contribution in [3.05, 3.63) is 0 Å². The molecule has 2 atom stereocenters. The number of hydrogen-bond donors (Lipinski definition) is 3. The fourth-order valence-corrected chi connectivity index (χ4v) is 2.91. The van der Waals surface area contributed by atoms with Gasteiger partial charge in [0.1, 0.15) is 12.3 Å². The molecule has 1 aliphatic carbocycles. The van der Waals surface area contributed by atoms with Gasteiger partial charge >= 0.3 is 12.1 Å². The van der Waals surface area contributed by atoms with Crippen molar-refractivity contribution in [3.8, 4) is 0 Å². The Bertz CT molecular complexity index is 327. The number of amides is 4. The van der Waals surface area contributed by atoms with Crippen LogP contribution in [0.2, 0.25) is 0 Å². The summed E-state index contributed by atoms with van der Waals surface area (Å²) in [5, 5.41) is 8.26. The average Bonchev–Trinajstić information content (AvgIpc) is 2.74. The highest BCUT2D eigenvalue weighted by Crippen LogP contribution is 2.27. The molecule has 0 bridgehead atoms. The van der Waals surface area contributed by atoms with Crippen LogP contribution in [-0.2, 0) is 0 Å². The lowest BCUT2D eigenvalue weighted by Crippen LogP contribution is -2.49. The molecule has 0 radical (unpaired) electrons. The van der Waals surface area contributed by atoms with Crippen LogP contribution in [-0.4, -0.2) is 35.3 Å². The van der Waals surface area contributed by atoms with E-state index >= 15 is 0 Å². The van der Waals surface area contributed by atoms with Gasteiger partial charge in [-0.25, -0.2) is 9.59 Å². The molecular weight excluding hydrogens is 208 g/mol. The number of nitrogens with zero attached hydrogens (tertiary/aromatic N) is 1. The van der Waals surface area contributed by atoms with E-state index in [1.54, 1.807) is 0 Å². The van der Waals surface area contributed by atoms with Crippen molar-refractivity contribution in [2.45, 2.75) is 50.5 Å². The van der Waals surface area contributed by atoms with Crippen molar-refractivity contribution >= 4 is 12.1 Å². The van der Waals surface area contributed by atoms with Gasteiger partial charge in [-0.1, -0.05) is 19.3 Å². The Kier molecular flexibility index (Phi) is 2.15. The zero-order chi connectivity index (χ0) is 11.1. The molecule has 4 amide bonds. The highest BCUT2D eigenvalue weighted by molar-refractivity contribution is 5.85. The monoisotopic (exact) mass is 224 g/mol. The number of carbonyl (C=O) groups is 2. The highest BCUT2D eigenvalue weighted by atomic mass is 16.2. The third-order valence-electron chi connectivity index (χ3n) is 3.66. The van der Waals surface area contributed by atoms with Gasteiger partial charge in [0.15, 0.2) is 0 Å². The van der Waals surface area contributed by atoms with Crippen molar-refractivity contribution in [1.29, 1.82) is 0 Å². The first kappa shape index (κ1) is 9.74. The maximum Gasteiger partial charge on any atom is 0.321 e. The van der Waals surface area contributed by atoms with Crippen LogP contribution in [0.1, 0.15) is 32.1 Å². The normalized spacial score (nSPS) is 34.4. The van der Waals surface area contributed by atoms with Crippen molar-refractivity contribution < 1.29 is 9.59 Å². The summed E-state index contributed by atoms with van der Waals surface area (Å²) >= 11 is 0. The number of hydrogen-bond acceptors (Lipinski definition) is 2. The van der Waals surface area contributed by atoms with Gasteiger partial charge in [-0.2, -0.15) is 0 Å². The number of urea groups is 2. The van der Waals surface area contributed by atoms with Gasteiger partial charge < -0.3 is 16.0 Å². The third kappa shape index (κ3) is 1.40. The lowest BCUT2D eigenvalue weighted by atomic mass is 9.94. The molecule has 3 aliphatic rings.